The van der Waals surface area contributed by atoms with E-state index in [0.717, 1.165) is 35.9 Å². The van der Waals surface area contributed by atoms with Gasteiger partial charge in [-0.25, -0.2) is 9.78 Å². The van der Waals surface area contributed by atoms with E-state index in [4.69, 9.17) is 4.74 Å². The van der Waals surface area contributed by atoms with E-state index in [2.05, 4.69) is 20.2 Å². The van der Waals surface area contributed by atoms with Crippen molar-refractivity contribution in [2.24, 2.45) is 0 Å². The minimum Gasteiger partial charge on any atom is -0.494 e. The van der Waals surface area contributed by atoms with Crippen molar-refractivity contribution in [1.82, 2.24) is 20.2 Å². The fourth-order valence-electron chi connectivity index (χ4n) is 3.21. The second-order valence-electron chi connectivity index (χ2n) is 6.61. The van der Waals surface area contributed by atoms with Gasteiger partial charge in [0.25, 0.3) is 0 Å². The molecule has 0 bridgehead atoms. The number of amides is 2. The number of hydrogen-bond acceptors (Lipinski definition) is 5. The molecule has 1 aliphatic heterocycles. The van der Waals surface area contributed by atoms with E-state index < -0.39 is 0 Å². The third kappa shape index (κ3) is 4.67. The van der Waals surface area contributed by atoms with Crippen LogP contribution in [0, 0.1) is 6.92 Å². The van der Waals surface area contributed by atoms with Gasteiger partial charge in [-0.1, -0.05) is 12.1 Å². The molecule has 1 N–H and O–H groups in total. The van der Waals surface area contributed by atoms with Crippen LogP contribution in [0.5, 0.6) is 5.75 Å². The number of rotatable bonds is 5. The van der Waals surface area contributed by atoms with Gasteiger partial charge >= 0.3 is 6.03 Å². The highest BCUT2D eigenvalue weighted by molar-refractivity contribution is 5.75. The highest BCUT2D eigenvalue weighted by Crippen LogP contribution is 2.19. The molecular formula is C20H27N5O2. The Morgan fingerprint density at radius 3 is 2.44 bits per heavy atom. The Morgan fingerprint density at radius 2 is 1.81 bits per heavy atom. The lowest BCUT2D eigenvalue weighted by Gasteiger charge is -2.36. The van der Waals surface area contributed by atoms with E-state index in [1.54, 1.807) is 12.4 Å². The molecule has 7 heteroatoms. The normalized spacial score (nSPS) is 15.4. The summed E-state index contributed by atoms with van der Waals surface area (Å²) in [6, 6.07) is 7.75. The standard InChI is InChI=1S/C20H27N5O2/c1-4-27-18-7-5-17(6-8-18)15(2)23-20(26)25-13-11-24(12-14-25)19-16(3)21-9-10-22-19/h5-10,15H,4,11-14H2,1-3H3,(H,23,26). The zero-order valence-corrected chi connectivity index (χ0v) is 16.2. The fraction of sp³-hybridized carbons (Fsp3) is 0.450. The monoisotopic (exact) mass is 369 g/mol. The molecule has 3 rings (SSSR count). The summed E-state index contributed by atoms with van der Waals surface area (Å²) in [6.07, 6.45) is 3.41. The van der Waals surface area contributed by atoms with Crippen molar-refractivity contribution in [3.63, 3.8) is 0 Å². The Bertz CT molecular complexity index is 757. The minimum atomic E-state index is -0.0616. The van der Waals surface area contributed by atoms with Crippen molar-refractivity contribution >= 4 is 11.8 Å². The average molecular weight is 369 g/mol. The number of anilines is 1. The third-order valence-electron chi connectivity index (χ3n) is 4.75. The van der Waals surface area contributed by atoms with Crippen LogP contribution < -0.4 is 15.0 Å². The van der Waals surface area contributed by atoms with Gasteiger partial charge in [-0.15, -0.1) is 0 Å². The molecule has 2 aromatic rings. The summed E-state index contributed by atoms with van der Waals surface area (Å²) >= 11 is 0. The molecule has 2 amide bonds. The Labute approximate surface area is 160 Å². The van der Waals surface area contributed by atoms with Crippen molar-refractivity contribution in [2.75, 3.05) is 37.7 Å². The fourth-order valence-corrected chi connectivity index (χ4v) is 3.21. The van der Waals surface area contributed by atoms with Crippen molar-refractivity contribution < 1.29 is 9.53 Å². The Hall–Kier alpha value is -2.83. The van der Waals surface area contributed by atoms with Crippen LogP contribution in [0.4, 0.5) is 10.6 Å². The number of aromatic nitrogens is 2. The smallest absolute Gasteiger partial charge is 0.317 e. The summed E-state index contributed by atoms with van der Waals surface area (Å²) < 4.78 is 5.46. The molecule has 1 fully saturated rings. The van der Waals surface area contributed by atoms with Crippen LogP contribution in [-0.4, -0.2) is 53.7 Å². The first-order valence-corrected chi connectivity index (χ1v) is 9.39. The van der Waals surface area contributed by atoms with Crippen molar-refractivity contribution in [3.8, 4) is 5.75 Å². The van der Waals surface area contributed by atoms with E-state index in [0.29, 0.717) is 19.7 Å². The molecule has 1 saturated heterocycles. The van der Waals surface area contributed by atoms with Crippen molar-refractivity contribution in [2.45, 2.75) is 26.8 Å². The molecule has 0 aliphatic carbocycles. The molecule has 2 heterocycles. The summed E-state index contributed by atoms with van der Waals surface area (Å²) in [6.45, 7) is 9.39. The maximum absolute atomic E-state index is 12.6. The van der Waals surface area contributed by atoms with Gasteiger partial charge < -0.3 is 19.9 Å². The van der Waals surface area contributed by atoms with Gasteiger partial charge in [-0.3, -0.25) is 4.98 Å². The van der Waals surface area contributed by atoms with Gasteiger partial charge in [0.15, 0.2) is 0 Å². The lowest BCUT2D eigenvalue weighted by molar-refractivity contribution is 0.191. The van der Waals surface area contributed by atoms with Crippen molar-refractivity contribution in [1.29, 1.82) is 0 Å². The van der Waals surface area contributed by atoms with Crippen LogP contribution in [0.15, 0.2) is 36.7 Å². The predicted molar refractivity (Wildman–Crippen MR) is 105 cm³/mol. The Balaban J connectivity index is 1.52. The van der Waals surface area contributed by atoms with Crippen LogP contribution in [0.25, 0.3) is 0 Å². The molecule has 1 unspecified atom stereocenters. The summed E-state index contributed by atoms with van der Waals surface area (Å²) in [7, 11) is 0. The lowest BCUT2D eigenvalue weighted by atomic mass is 10.1. The van der Waals surface area contributed by atoms with Gasteiger partial charge in [-0.2, -0.15) is 0 Å². The first kappa shape index (κ1) is 18.9. The van der Waals surface area contributed by atoms with Crippen LogP contribution in [-0.2, 0) is 0 Å². The van der Waals surface area contributed by atoms with Gasteiger partial charge in [0.2, 0.25) is 0 Å². The second-order valence-corrected chi connectivity index (χ2v) is 6.61. The molecule has 0 saturated carbocycles. The molecule has 27 heavy (non-hydrogen) atoms. The predicted octanol–water partition coefficient (Wildman–Crippen LogP) is 2.78. The maximum Gasteiger partial charge on any atom is 0.317 e. The Morgan fingerprint density at radius 1 is 1.15 bits per heavy atom. The summed E-state index contributed by atoms with van der Waals surface area (Å²) in [5, 5.41) is 3.08. The van der Waals surface area contributed by atoms with E-state index in [-0.39, 0.29) is 12.1 Å². The highest BCUT2D eigenvalue weighted by atomic mass is 16.5. The van der Waals surface area contributed by atoms with Crippen LogP contribution in [0.3, 0.4) is 0 Å². The molecule has 0 radical (unpaired) electrons. The molecule has 1 aliphatic rings. The quantitative estimate of drug-likeness (QED) is 0.878. The topological polar surface area (TPSA) is 70.6 Å². The summed E-state index contributed by atoms with van der Waals surface area (Å²) in [5.41, 5.74) is 1.97. The highest BCUT2D eigenvalue weighted by Gasteiger charge is 2.24. The number of nitrogens with one attached hydrogen (secondary N) is 1. The molecule has 144 valence electrons. The van der Waals surface area contributed by atoms with Gasteiger partial charge in [0.1, 0.15) is 11.6 Å². The van der Waals surface area contributed by atoms with Crippen molar-refractivity contribution in [3.05, 3.63) is 47.9 Å². The molecule has 1 aromatic carbocycles. The molecule has 0 spiro atoms. The molecule has 7 nitrogen and oxygen atoms in total. The van der Waals surface area contributed by atoms with E-state index in [9.17, 15) is 4.79 Å². The zero-order valence-electron chi connectivity index (χ0n) is 16.2. The summed E-state index contributed by atoms with van der Waals surface area (Å²) in [4.78, 5) is 25.3. The second kappa shape index (κ2) is 8.70. The average Bonchev–Trinajstić information content (AvgIpc) is 2.69. The van der Waals surface area contributed by atoms with Crippen LogP contribution in [0.2, 0.25) is 0 Å². The van der Waals surface area contributed by atoms with Gasteiger partial charge in [-0.05, 0) is 38.5 Å². The molecule has 1 atom stereocenters. The number of nitrogens with zero attached hydrogens (tertiary/aromatic N) is 4. The number of carbonyl (C=O) groups excluding carboxylic acids is 1. The van der Waals surface area contributed by atoms with Gasteiger partial charge in [0, 0.05) is 38.6 Å². The lowest BCUT2D eigenvalue weighted by Crippen LogP contribution is -2.52. The van der Waals surface area contributed by atoms with Gasteiger partial charge in [0.05, 0.1) is 18.3 Å². The number of urea groups is 1. The number of ether oxygens (including phenoxy) is 1. The minimum absolute atomic E-state index is 0.0353. The van der Waals surface area contributed by atoms with Crippen LogP contribution >= 0.6 is 0 Å². The largest absolute Gasteiger partial charge is 0.494 e. The maximum atomic E-state index is 12.6. The van der Waals surface area contributed by atoms with E-state index >= 15 is 0 Å². The summed E-state index contributed by atoms with van der Waals surface area (Å²) in [5.74, 6) is 1.75. The van der Waals surface area contributed by atoms with E-state index in [1.807, 2.05) is 49.9 Å². The Kier molecular flexibility index (Phi) is 6.11. The number of piperazine rings is 1. The first-order valence-electron chi connectivity index (χ1n) is 9.39. The molecule has 1 aromatic heterocycles. The third-order valence-corrected chi connectivity index (χ3v) is 4.75. The SMILES string of the molecule is CCOc1ccc(C(C)NC(=O)N2CCN(c3nccnc3C)CC2)cc1. The van der Waals surface area contributed by atoms with E-state index in [1.165, 1.54) is 0 Å². The number of carbonyl (C=O) groups is 1. The molecular weight excluding hydrogens is 342 g/mol. The first-order chi connectivity index (χ1) is 13.1. The number of aryl methyl sites for hydroxylation is 1. The number of hydrogen-bond donors (Lipinski definition) is 1. The number of benzene rings is 1. The van der Waals surface area contributed by atoms with Crippen LogP contribution in [0.1, 0.15) is 31.1 Å². The zero-order chi connectivity index (χ0) is 19.2.